The van der Waals surface area contributed by atoms with E-state index in [-0.39, 0.29) is 5.82 Å². The standard InChI is InChI=1S/C13H15FN2/c1-16-8-4-6-12(16)10-15-9-11-5-2-3-7-13(11)14/h2-8,15H,9-10H2,1H3. The molecule has 1 heterocycles. The van der Waals surface area contributed by atoms with E-state index in [0.717, 1.165) is 6.54 Å². The summed E-state index contributed by atoms with van der Waals surface area (Å²) in [5.74, 6) is -0.151. The predicted molar refractivity (Wildman–Crippen MR) is 62.4 cm³/mol. The van der Waals surface area contributed by atoms with E-state index >= 15 is 0 Å². The number of aryl methyl sites for hydroxylation is 1. The van der Waals surface area contributed by atoms with Crippen LogP contribution in [0.15, 0.2) is 42.6 Å². The molecule has 2 nitrogen and oxygen atoms in total. The van der Waals surface area contributed by atoms with E-state index in [1.807, 2.05) is 36.0 Å². The highest BCUT2D eigenvalue weighted by molar-refractivity contribution is 5.17. The molecule has 0 aliphatic rings. The average Bonchev–Trinajstić information content (AvgIpc) is 2.67. The predicted octanol–water partition coefficient (Wildman–Crippen LogP) is 2.45. The minimum Gasteiger partial charge on any atom is -0.353 e. The Morgan fingerprint density at radius 1 is 1.12 bits per heavy atom. The van der Waals surface area contributed by atoms with E-state index in [1.165, 1.54) is 11.8 Å². The molecule has 0 unspecified atom stereocenters. The van der Waals surface area contributed by atoms with Gasteiger partial charge in [-0.25, -0.2) is 4.39 Å². The lowest BCUT2D eigenvalue weighted by atomic mass is 10.2. The molecule has 0 atom stereocenters. The van der Waals surface area contributed by atoms with Gasteiger partial charge in [0, 0.05) is 37.6 Å². The summed E-state index contributed by atoms with van der Waals surface area (Å²) in [4.78, 5) is 0. The monoisotopic (exact) mass is 218 g/mol. The van der Waals surface area contributed by atoms with Crippen LogP contribution in [0.3, 0.4) is 0 Å². The fraction of sp³-hybridized carbons (Fsp3) is 0.231. The number of aromatic nitrogens is 1. The number of hydrogen-bond donors (Lipinski definition) is 1. The zero-order valence-corrected chi connectivity index (χ0v) is 9.28. The van der Waals surface area contributed by atoms with Gasteiger partial charge in [0.25, 0.3) is 0 Å². The highest BCUT2D eigenvalue weighted by Gasteiger charge is 2.00. The van der Waals surface area contributed by atoms with E-state index in [4.69, 9.17) is 0 Å². The van der Waals surface area contributed by atoms with Crippen molar-refractivity contribution in [2.24, 2.45) is 7.05 Å². The van der Waals surface area contributed by atoms with Crippen LogP contribution in [0.5, 0.6) is 0 Å². The SMILES string of the molecule is Cn1cccc1CNCc1ccccc1F. The zero-order valence-electron chi connectivity index (χ0n) is 9.28. The Kier molecular flexibility index (Phi) is 3.37. The van der Waals surface area contributed by atoms with Crippen LogP contribution >= 0.6 is 0 Å². The number of nitrogens with zero attached hydrogens (tertiary/aromatic N) is 1. The van der Waals surface area contributed by atoms with Crippen LogP contribution in [-0.4, -0.2) is 4.57 Å². The van der Waals surface area contributed by atoms with E-state index in [9.17, 15) is 4.39 Å². The molecule has 0 saturated carbocycles. The van der Waals surface area contributed by atoms with Gasteiger partial charge < -0.3 is 9.88 Å². The van der Waals surface area contributed by atoms with Crippen LogP contribution in [0, 0.1) is 5.82 Å². The first-order valence-electron chi connectivity index (χ1n) is 5.31. The summed E-state index contributed by atoms with van der Waals surface area (Å²) < 4.78 is 15.3. The van der Waals surface area contributed by atoms with Crippen LogP contribution < -0.4 is 5.32 Å². The highest BCUT2D eigenvalue weighted by Crippen LogP contribution is 2.06. The summed E-state index contributed by atoms with van der Waals surface area (Å²) in [7, 11) is 2.00. The Morgan fingerprint density at radius 2 is 1.94 bits per heavy atom. The minimum atomic E-state index is -0.151. The number of rotatable bonds is 4. The van der Waals surface area contributed by atoms with Gasteiger partial charge in [-0.1, -0.05) is 18.2 Å². The molecule has 0 amide bonds. The molecule has 0 bridgehead atoms. The van der Waals surface area contributed by atoms with Gasteiger partial charge >= 0.3 is 0 Å². The van der Waals surface area contributed by atoms with Crippen LogP contribution in [0.25, 0.3) is 0 Å². The summed E-state index contributed by atoms with van der Waals surface area (Å²) in [6.07, 6.45) is 2.00. The lowest BCUT2D eigenvalue weighted by Gasteiger charge is -2.06. The molecule has 0 fully saturated rings. The Labute approximate surface area is 94.7 Å². The van der Waals surface area contributed by atoms with Crippen molar-refractivity contribution in [2.45, 2.75) is 13.1 Å². The Bertz CT molecular complexity index is 462. The average molecular weight is 218 g/mol. The van der Waals surface area contributed by atoms with E-state index in [0.29, 0.717) is 12.1 Å². The van der Waals surface area contributed by atoms with Crippen LogP contribution in [0.2, 0.25) is 0 Å². The smallest absolute Gasteiger partial charge is 0.127 e. The van der Waals surface area contributed by atoms with Gasteiger partial charge in [-0.05, 0) is 18.2 Å². The number of nitrogens with one attached hydrogen (secondary N) is 1. The second kappa shape index (κ2) is 4.94. The molecule has 1 aromatic carbocycles. The third-order valence-corrected chi connectivity index (χ3v) is 2.63. The first-order valence-corrected chi connectivity index (χ1v) is 5.31. The first-order chi connectivity index (χ1) is 7.77. The molecule has 1 N–H and O–H groups in total. The van der Waals surface area contributed by atoms with Crippen molar-refractivity contribution < 1.29 is 4.39 Å². The summed E-state index contributed by atoms with van der Waals surface area (Å²) in [5.41, 5.74) is 1.90. The maximum absolute atomic E-state index is 13.3. The normalized spacial score (nSPS) is 10.6. The number of halogens is 1. The molecular formula is C13H15FN2. The van der Waals surface area contributed by atoms with Crippen molar-refractivity contribution in [2.75, 3.05) is 0 Å². The molecule has 0 radical (unpaired) electrons. The van der Waals surface area contributed by atoms with Crippen molar-refractivity contribution in [3.8, 4) is 0 Å². The molecule has 3 heteroatoms. The van der Waals surface area contributed by atoms with Crippen LogP contribution in [-0.2, 0) is 20.1 Å². The van der Waals surface area contributed by atoms with Gasteiger partial charge in [0.05, 0.1) is 0 Å². The van der Waals surface area contributed by atoms with Crippen molar-refractivity contribution in [1.82, 2.24) is 9.88 Å². The van der Waals surface area contributed by atoms with Gasteiger partial charge in [0.1, 0.15) is 5.82 Å². The molecule has 0 aliphatic carbocycles. The molecule has 84 valence electrons. The van der Waals surface area contributed by atoms with Crippen LogP contribution in [0.4, 0.5) is 4.39 Å². The maximum Gasteiger partial charge on any atom is 0.127 e. The van der Waals surface area contributed by atoms with Gasteiger partial charge in [-0.3, -0.25) is 0 Å². The lowest BCUT2D eigenvalue weighted by Crippen LogP contribution is -2.15. The third kappa shape index (κ3) is 2.49. The second-order valence-electron chi connectivity index (χ2n) is 3.81. The molecule has 2 rings (SSSR count). The molecular weight excluding hydrogens is 203 g/mol. The van der Waals surface area contributed by atoms with Gasteiger partial charge in [0.15, 0.2) is 0 Å². The fourth-order valence-corrected chi connectivity index (χ4v) is 1.65. The fourth-order valence-electron chi connectivity index (χ4n) is 1.65. The summed E-state index contributed by atoms with van der Waals surface area (Å²) in [5, 5.41) is 3.22. The Morgan fingerprint density at radius 3 is 2.62 bits per heavy atom. The van der Waals surface area contributed by atoms with Crippen LogP contribution in [0.1, 0.15) is 11.3 Å². The summed E-state index contributed by atoms with van der Waals surface area (Å²) in [6, 6.07) is 10.9. The minimum absolute atomic E-state index is 0.151. The largest absolute Gasteiger partial charge is 0.353 e. The van der Waals surface area contributed by atoms with E-state index in [1.54, 1.807) is 12.1 Å². The van der Waals surface area contributed by atoms with Gasteiger partial charge in [-0.15, -0.1) is 0 Å². The summed E-state index contributed by atoms with van der Waals surface area (Å²) >= 11 is 0. The van der Waals surface area contributed by atoms with Crippen molar-refractivity contribution >= 4 is 0 Å². The molecule has 0 saturated heterocycles. The van der Waals surface area contributed by atoms with Gasteiger partial charge in [0.2, 0.25) is 0 Å². The quantitative estimate of drug-likeness (QED) is 0.834. The first kappa shape index (κ1) is 10.9. The molecule has 0 aliphatic heterocycles. The molecule has 2 aromatic rings. The zero-order chi connectivity index (χ0) is 11.4. The maximum atomic E-state index is 13.3. The highest BCUT2D eigenvalue weighted by atomic mass is 19.1. The molecule has 0 spiro atoms. The summed E-state index contributed by atoms with van der Waals surface area (Å²) in [6.45, 7) is 1.30. The van der Waals surface area contributed by atoms with E-state index < -0.39 is 0 Å². The topological polar surface area (TPSA) is 17.0 Å². The molecule has 1 aromatic heterocycles. The van der Waals surface area contributed by atoms with E-state index in [2.05, 4.69) is 5.32 Å². The second-order valence-corrected chi connectivity index (χ2v) is 3.81. The van der Waals surface area contributed by atoms with Crippen molar-refractivity contribution in [3.63, 3.8) is 0 Å². The number of hydrogen-bond acceptors (Lipinski definition) is 1. The van der Waals surface area contributed by atoms with Gasteiger partial charge in [-0.2, -0.15) is 0 Å². The number of benzene rings is 1. The third-order valence-electron chi connectivity index (χ3n) is 2.63. The Hall–Kier alpha value is -1.61. The molecule has 16 heavy (non-hydrogen) atoms. The van der Waals surface area contributed by atoms with Crippen molar-refractivity contribution in [3.05, 3.63) is 59.7 Å². The van der Waals surface area contributed by atoms with Crippen molar-refractivity contribution in [1.29, 1.82) is 0 Å². The lowest BCUT2D eigenvalue weighted by molar-refractivity contribution is 0.582. The Balaban J connectivity index is 1.89.